The number of benzene rings is 2. The lowest BCUT2D eigenvalue weighted by Crippen LogP contribution is -2.31. The van der Waals surface area contributed by atoms with Crippen LogP contribution < -0.4 is 5.32 Å². The van der Waals surface area contributed by atoms with Gasteiger partial charge < -0.3 is 14.6 Å². The number of nitrogens with zero attached hydrogens (tertiary/aromatic N) is 1. The smallest absolute Gasteiger partial charge is 0.412 e. The zero-order chi connectivity index (χ0) is 28.8. The Kier molecular flexibility index (Phi) is 10.4. The first kappa shape index (κ1) is 30.9. The number of carbonyl (C=O) groups excluding carboxylic acids is 2. The molecule has 0 aromatic heterocycles. The Labute approximate surface area is 238 Å². The summed E-state index contributed by atoms with van der Waals surface area (Å²) in [5, 5.41) is 10.9. The number of alkyl carbamates (subject to hydrolysis) is 1. The van der Waals surface area contributed by atoms with E-state index >= 15 is 0 Å². The van der Waals surface area contributed by atoms with Crippen molar-refractivity contribution in [3.8, 4) is 0 Å². The van der Waals surface area contributed by atoms with Crippen molar-refractivity contribution in [3.05, 3.63) is 75.4 Å². The first-order chi connectivity index (χ1) is 18.3. The molecule has 1 unspecified atom stereocenters. The molecule has 1 atom stereocenters. The Bertz CT molecular complexity index is 1240. The standard InChI is InChI=1S/C26H33BrN2O8SSi/c1-39(2,3)12-11-36-17-29-24(30)15-23(38(29,34)35)20-10-9-19(13-21(20)27)14-22(25(31)32)28-26(33)37-16-18-7-5-4-6-8-18/h4-10,13-14,23,34-35H,11-12,15-17H2,1-3H3,(H,28,33)(H,31,32). The van der Waals surface area contributed by atoms with Gasteiger partial charge in [0.1, 0.15) is 24.3 Å². The van der Waals surface area contributed by atoms with Crippen LogP contribution in [0.15, 0.2) is 58.7 Å². The maximum absolute atomic E-state index is 12.6. The van der Waals surface area contributed by atoms with Crippen LogP contribution in [-0.4, -0.2) is 57.9 Å². The molecule has 1 heterocycles. The van der Waals surface area contributed by atoms with Crippen LogP contribution in [0.5, 0.6) is 0 Å². The van der Waals surface area contributed by atoms with E-state index in [0.717, 1.165) is 15.9 Å². The molecule has 1 aliphatic heterocycles. The van der Waals surface area contributed by atoms with Crippen molar-refractivity contribution in [1.29, 1.82) is 0 Å². The minimum absolute atomic E-state index is 0.0211. The van der Waals surface area contributed by atoms with E-state index in [0.29, 0.717) is 22.2 Å². The van der Waals surface area contributed by atoms with Crippen LogP contribution >= 0.6 is 26.7 Å². The van der Waals surface area contributed by atoms with Crippen LogP contribution in [0.4, 0.5) is 4.79 Å². The summed E-state index contributed by atoms with van der Waals surface area (Å²) in [6, 6.07) is 14.6. The van der Waals surface area contributed by atoms with Gasteiger partial charge in [0, 0.05) is 19.2 Å². The molecular formula is C26H33BrN2O8SSi. The summed E-state index contributed by atoms with van der Waals surface area (Å²) in [6.45, 7) is 6.81. The lowest BCUT2D eigenvalue weighted by atomic mass is 10.1. The summed E-state index contributed by atoms with van der Waals surface area (Å²) in [7, 11) is -4.84. The van der Waals surface area contributed by atoms with Crippen molar-refractivity contribution in [2.45, 2.75) is 44.0 Å². The topological polar surface area (TPSA) is 146 Å². The zero-order valence-electron chi connectivity index (χ0n) is 21.9. The summed E-state index contributed by atoms with van der Waals surface area (Å²) in [6.07, 6.45) is 0.216. The van der Waals surface area contributed by atoms with Gasteiger partial charge in [-0.2, -0.15) is 0 Å². The van der Waals surface area contributed by atoms with E-state index in [1.807, 2.05) is 6.07 Å². The van der Waals surface area contributed by atoms with E-state index in [4.69, 9.17) is 9.47 Å². The number of carboxylic acids is 1. The normalized spacial score (nSPS) is 18.1. The maximum Gasteiger partial charge on any atom is 0.412 e. The molecule has 0 spiro atoms. The molecule has 3 rings (SSSR count). The van der Waals surface area contributed by atoms with Crippen molar-refractivity contribution in [2.75, 3.05) is 13.3 Å². The number of hydrogen-bond acceptors (Lipinski definition) is 7. The number of ether oxygens (including phenoxy) is 2. The van der Waals surface area contributed by atoms with Gasteiger partial charge in [-0.15, -0.1) is 10.8 Å². The number of carboxylic acid groups (broad SMARTS) is 1. The number of amides is 2. The highest BCUT2D eigenvalue weighted by atomic mass is 79.9. The number of aliphatic carboxylic acids is 1. The van der Waals surface area contributed by atoms with E-state index in [1.165, 1.54) is 6.08 Å². The molecule has 1 aliphatic rings. The van der Waals surface area contributed by atoms with Gasteiger partial charge in [-0.1, -0.05) is 78.0 Å². The first-order valence-electron chi connectivity index (χ1n) is 12.2. The van der Waals surface area contributed by atoms with Crippen LogP contribution in [0.25, 0.3) is 6.08 Å². The van der Waals surface area contributed by atoms with E-state index < -0.39 is 47.8 Å². The van der Waals surface area contributed by atoms with Crippen LogP contribution in [-0.2, 0) is 25.7 Å². The van der Waals surface area contributed by atoms with Gasteiger partial charge in [0.15, 0.2) is 0 Å². The average molecular weight is 642 g/mol. The summed E-state index contributed by atoms with van der Waals surface area (Å²) in [4.78, 5) is 36.5. The maximum atomic E-state index is 12.6. The third kappa shape index (κ3) is 8.65. The largest absolute Gasteiger partial charge is 0.477 e. The number of nitrogens with one attached hydrogen (secondary N) is 1. The second-order valence-electron chi connectivity index (χ2n) is 10.2. The molecule has 10 nitrogen and oxygen atoms in total. The summed E-state index contributed by atoms with van der Waals surface area (Å²) in [5.74, 6) is -1.79. The van der Waals surface area contributed by atoms with Gasteiger partial charge in [0.05, 0.1) is 6.42 Å². The van der Waals surface area contributed by atoms with Crippen LogP contribution in [0.2, 0.25) is 25.7 Å². The zero-order valence-corrected chi connectivity index (χ0v) is 25.3. The highest BCUT2D eigenvalue weighted by Crippen LogP contribution is 2.63. The average Bonchev–Trinajstić information content (AvgIpc) is 3.08. The van der Waals surface area contributed by atoms with Gasteiger partial charge in [-0.05, 0) is 34.9 Å². The molecule has 13 heteroatoms. The number of rotatable bonds is 11. The lowest BCUT2D eigenvalue weighted by molar-refractivity contribution is -0.133. The molecule has 2 aromatic carbocycles. The van der Waals surface area contributed by atoms with Crippen LogP contribution in [0.1, 0.15) is 28.4 Å². The Morgan fingerprint density at radius 3 is 2.49 bits per heavy atom. The summed E-state index contributed by atoms with van der Waals surface area (Å²) < 4.78 is 34.0. The monoisotopic (exact) mass is 640 g/mol. The molecule has 0 radical (unpaired) electrons. The molecule has 39 heavy (non-hydrogen) atoms. The Balaban J connectivity index is 1.69. The second-order valence-corrected chi connectivity index (χ2v) is 18.8. The molecular weight excluding hydrogens is 608 g/mol. The highest BCUT2D eigenvalue weighted by Gasteiger charge is 2.46. The first-order valence-corrected chi connectivity index (χ1v) is 18.2. The Morgan fingerprint density at radius 2 is 1.87 bits per heavy atom. The predicted molar refractivity (Wildman–Crippen MR) is 156 cm³/mol. The van der Waals surface area contributed by atoms with E-state index in [-0.39, 0.29) is 19.8 Å². The molecule has 2 amide bonds. The minimum atomic E-state index is -3.51. The molecule has 1 fully saturated rings. The third-order valence-corrected chi connectivity index (χ3v) is 10.4. The van der Waals surface area contributed by atoms with E-state index in [9.17, 15) is 28.6 Å². The van der Waals surface area contributed by atoms with Gasteiger partial charge in [0.2, 0.25) is 5.91 Å². The fourth-order valence-corrected chi connectivity index (χ4v) is 7.12. The fourth-order valence-electron chi connectivity index (χ4n) is 3.71. The minimum Gasteiger partial charge on any atom is -0.477 e. The number of halogens is 1. The van der Waals surface area contributed by atoms with Crippen molar-refractivity contribution in [1.82, 2.24) is 9.62 Å². The molecule has 212 valence electrons. The SMILES string of the molecule is C[Si](C)(C)CCOCN1C(=O)CC(c2ccc(C=C(NC(=O)OCc3ccccc3)C(=O)O)cc2Br)S1(O)O. The summed E-state index contributed by atoms with van der Waals surface area (Å²) in [5.41, 5.74) is 1.24. The highest BCUT2D eigenvalue weighted by molar-refractivity contribution is 9.10. The third-order valence-electron chi connectivity index (χ3n) is 5.91. The summed E-state index contributed by atoms with van der Waals surface area (Å²) >= 11 is 3.41. The lowest BCUT2D eigenvalue weighted by Gasteiger charge is -2.40. The van der Waals surface area contributed by atoms with Crippen molar-refractivity contribution in [3.63, 3.8) is 0 Å². The molecule has 1 saturated heterocycles. The van der Waals surface area contributed by atoms with Crippen LogP contribution in [0, 0.1) is 0 Å². The Hall–Kier alpha value is -2.68. The van der Waals surface area contributed by atoms with Gasteiger partial charge >= 0.3 is 12.1 Å². The molecule has 0 saturated carbocycles. The van der Waals surface area contributed by atoms with Crippen molar-refractivity contribution >= 4 is 58.8 Å². The number of hydrogen-bond donors (Lipinski definition) is 4. The fraction of sp³-hybridized carbons (Fsp3) is 0.346. The quantitative estimate of drug-likeness (QED) is 0.132. The van der Waals surface area contributed by atoms with Crippen molar-refractivity contribution in [2.24, 2.45) is 0 Å². The predicted octanol–water partition coefficient (Wildman–Crippen LogP) is 6.05. The van der Waals surface area contributed by atoms with Gasteiger partial charge in [-0.25, -0.2) is 13.9 Å². The van der Waals surface area contributed by atoms with E-state index in [2.05, 4.69) is 40.9 Å². The van der Waals surface area contributed by atoms with Crippen molar-refractivity contribution < 1.29 is 38.1 Å². The van der Waals surface area contributed by atoms with Gasteiger partial charge in [-0.3, -0.25) is 19.2 Å². The van der Waals surface area contributed by atoms with E-state index in [1.54, 1.807) is 42.5 Å². The van der Waals surface area contributed by atoms with Crippen LogP contribution in [0.3, 0.4) is 0 Å². The molecule has 2 aromatic rings. The second kappa shape index (κ2) is 13.1. The molecule has 0 aliphatic carbocycles. The van der Waals surface area contributed by atoms with Gasteiger partial charge in [0.25, 0.3) is 0 Å². The Morgan fingerprint density at radius 1 is 1.18 bits per heavy atom. The molecule has 0 bridgehead atoms. The number of carbonyl (C=O) groups is 3. The molecule has 4 N–H and O–H groups in total.